The summed E-state index contributed by atoms with van der Waals surface area (Å²) < 4.78 is 0. The normalized spacial score (nSPS) is 13.0. The molecule has 0 rings (SSSR count). The Labute approximate surface area is 63.5 Å². The second kappa shape index (κ2) is 6.78. The molecule has 2 heteroatoms. The molecule has 10 heavy (non-hydrogen) atoms. The van der Waals surface area contributed by atoms with E-state index in [9.17, 15) is 0 Å². The van der Waals surface area contributed by atoms with Crippen molar-refractivity contribution in [3.8, 4) is 0 Å². The van der Waals surface area contributed by atoms with Crippen LogP contribution in [0.25, 0.3) is 0 Å². The molecule has 0 fully saturated rings. The molecule has 1 unspecified atom stereocenters. The van der Waals surface area contributed by atoms with Crippen LogP contribution >= 0.6 is 0 Å². The average molecular weight is 142 g/mol. The highest BCUT2D eigenvalue weighted by atomic mass is 14.9. The van der Waals surface area contributed by atoms with Gasteiger partial charge in [0.25, 0.3) is 0 Å². The summed E-state index contributed by atoms with van der Waals surface area (Å²) in [5, 5.41) is 3.33. The Morgan fingerprint density at radius 3 is 2.90 bits per heavy atom. The van der Waals surface area contributed by atoms with Crippen molar-refractivity contribution >= 4 is 0 Å². The highest BCUT2D eigenvalue weighted by Gasteiger charge is 1.94. The molecule has 0 radical (unpaired) electrons. The van der Waals surface area contributed by atoms with Crippen molar-refractivity contribution in [1.82, 2.24) is 5.32 Å². The van der Waals surface area contributed by atoms with Gasteiger partial charge in [-0.05, 0) is 32.9 Å². The van der Waals surface area contributed by atoms with Crippen LogP contribution in [0, 0.1) is 0 Å². The highest BCUT2D eigenvalue weighted by Crippen LogP contribution is 1.89. The number of rotatable bonds is 6. The quantitative estimate of drug-likeness (QED) is 0.427. The first kappa shape index (κ1) is 9.66. The Kier molecular flexibility index (Phi) is 6.55. The molecule has 0 aliphatic carbocycles. The Hall–Kier alpha value is -0.340. The van der Waals surface area contributed by atoms with Crippen molar-refractivity contribution in [3.63, 3.8) is 0 Å². The van der Waals surface area contributed by atoms with E-state index >= 15 is 0 Å². The smallest absolute Gasteiger partial charge is 0.00731 e. The Balaban J connectivity index is 3.04. The molecule has 60 valence electrons. The van der Waals surface area contributed by atoms with Crippen LogP contribution in [0.1, 0.15) is 19.8 Å². The minimum Gasteiger partial charge on any atom is -0.330 e. The standard InChI is InChI=1S/C8H18N2/c1-3-5-8(2)10-7-4-6-9/h3,8,10H,1,4-7,9H2,2H3. The van der Waals surface area contributed by atoms with Gasteiger partial charge in [0.15, 0.2) is 0 Å². The molecule has 0 aromatic heterocycles. The largest absolute Gasteiger partial charge is 0.330 e. The predicted octanol–water partition coefficient (Wildman–Crippen LogP) is 0.889. The summed E-state index contributed by atoms with van der Waals surface area (Å²) in [6, 6.07) is 0.545. The summed E-state index contributed by atoms with van der Waals surface area (Å²) in [6.07, 6.45) is 4.02. The van der Waals surface area contributed by atoms with Crippen molar-refractivity contribution in [2.24, 2.45) is 5.73 Å². The van der Waals surface area contributed by atoms with E-state index < -0.39 is 0 Å². The third kappa shape index (κ3) is 5.79. The van der Waals surface area contributed by atoms with Gasteiger partial charge in [0.1, 0.15) is 0 Å². The van der Waals surface area contributed by atoms with Crippen LogP contribution in [0.2, 0.25) is 0 Å². The molecule has 3 N–H and O–H groups in total. The van der Waals surface area contributed by atoms with Gasteiger partial charge in [-0.2, -0.15) is 0 Å². The molecule has 0 aromatic carbocycles. The molecule has 1 atom stereocenters. The van der Waals surface area contributed by atoms with Gasteiger partial charge in [0, 0.05) is 6.04 Å². The average Bonchev–Trinajstić information content (AvgIpc) is 1.89. The second-order valence-electron chi connectivity index (χ2n) is 2.52. The van der Waals surface area contributed by atoms with E-state index in [0.717, 1.165) is 25.9 Å². The molecular formula is C8H18N2. The van der Waals surface area contributed by atoms with Crippen molar-refractivity contribution < 1.29 is 0 Å². The van der Waals surface area contributed by atoms with E-state index in [1.165, 1.54) is 0 Å². The van der Waals surface area contributed by atoms with Crippen molar-refractivity contribution in [1.29, 1.82) is 0 Å². The molecule has 0 saturated heterocycles. The maximum Gasteiger partial charge on any atom is 0.00731 e. The molecule has 0 aromatic rings. The molecule has 0 heterocycles. The second-order valence-corrected chi connectivity index (χ2v) is 2.52. The fourth-order valence-corrected chi connectivity index (χ4v) is 0.784. The lowest BCUT2D eigenvalue weighted by atomic mass is 10.2. The van der Waals surface area contributed by atoms with Gasteiger partial charge in [0.2, 0.25) is 0 Å². The maximum atomic E-state index is 5.33. The SMILES string of the molecule is C=CCC(C)NCCCN. The first-order valence-corrected chi connectivity index (χ1v) is 3.85. The third-order valence-electron chi connectivity index (χ3n) is 1.39. The van der Waals surface area contributed by atoms with Crippen LogP contribution in [0.15, 0.2) is 12.7 Å². The van der Waals surface area contributed by atoms with E-state index in [1.54, 1.807) is 0 Å². The fraction of sp³-hybridized carbons (Fsp3) is 0.750. The van der Waals surface area contributed by atoms with Crippen LogP contribution < -0.4 is 11.1 Å². The summed E-state index contributed by atoms with van der Waals surface area (Å²) in [5.74, 6) is 0. The zero-order valence-electron chi connectivity index (χ0n) is 6.77. The topological polar surface area (TPSA) is 38.0 Å². The lowest BCUT2D eigenvalue weighted by Gasteiger charge is -2.09. The summed E-state index contributed by atoms with van der Waals surface area (Å²) in [4.78, 5) is 0. The van der Waals surface area contributed by atoms with Crippen molar-refractivity contribution in [3.05, 3.63) is 12.7 Å². The van der Waals surface area contributed by atoms with Crippen LogP contribution in [0.4, 0.5) is 0 Å². The lowest BCUT2D eigenvalue weighted by molar-refractivity contribution is 0.544. The van der Waals surface area contributed by atoms with E-state index in [0.29, 0.717) is 6.04 Å². The molecule has 2 nitrogen and oxygen atoms in total. The lowest BCUT2D eigenvalue weighted by Crippen LogP contribution is -2.27. The molecule has 0 aliphatic rings. The van der Waals surface area contributed by atoms with E-state index in [1.807, 2.05) is 6.08 Å². The Morgan fingerprint density at radius 1 is 1.70 bits per heavy atom. The van der Waals surface area contributed by atoms with Gasteiger partial charge in [0.05, 0.1) is 0 Å². The predicted molar refractivity (Wildman–Crippen MR) is 46.0 cm³/mol. The molecule has 0 saturated carbocycles. The number of hydrogen-bond acceptors (Lipinski definition) is 2. The van der Waals surface area contributed by atoms with Gasteiger partial charge in [-0.3, -0.25) is 0 Å². The third-order valence-corrected chi connectivity index (χ3v) is 1.39. The van der Waals surface area contributed by atoms with Crippen molar-refractivity contribution in [2.45, 2.75) is 25.8 Å². The zero-order chi connectivity index (χ0) is 7.82. The van der Waals surface area contributed by atoms with Gasteiger partial charge in [-0.25, -0.2) is 0 Å². The minimum atomic E-state index is 0.545. The fourth-order valence-electron chi connectivity index (χ4n) is 0.784. The highest BCUT2D eigenvalue weighted by molar-refractivity contribution is 4.74. The zero-order valence-corrected chi connectivity index (χ0v) is 6.77. The first-order valence-electron chi connectivity index (χ1n) is 3.85. The molecule has 0 amide bonds. The number of nitrogens with one attached hydrogen (secondary N) is 1. The van der Waals surface area contributed by atoms with E-state index in [-0.39, 0.29) is 0 Å². The van der Waals surface area contributed by atoms with Crippen LogP contribution in [-0.4, -0.2) is 19.1 Å². The Morgan fingerprint density at radius 2 is 2.40 bits per heavy atom. The molecule has 0 spiro atoms. The van der Waals surface area contributed by atoms with Crippen LogP contribution in [0.3, 0.4) is 0 Å². The number of nitrogens with two attached hydrogens (primary N) is 1. The molecule has 0 aliphatic heterocycles. The number of hydrogen-bond donors (Lipinski definition) is 2. The van der Waals surface area contributed by atoms with Gasteiger partial charge in [-0.1, -0.05) is 6.08 Å². The summed E-state index contributed by atoms with van der Waals surface area (Å²) >= 11 is 0. The molecule has 0 bridgehead atoms. The first-order chi connectivity index (χ1) is 4.81. The summed E-state index contributed by atoms with van der Waals surface area (Å²) in [7, 11) is 0. The van der Waals surface area contributed by atoms with Gasteiger partial charge < -0.3 is 11.1 Å². The van der Waals surface area contributed by atoms with Crippen molar-refractivity contribution in [2.75, 3.05) is 13.1 Å². The van der Waals surface area contributed by atoms with E-state index in [4.69, 9.17) is 5.73 Å². The monoisotopic (exact) mass is 142 g/mol. The molecular weight excluding hydrogens is 124 g/mol. The van der Waals surface area contributed by atoms with Gasteiger partial charge >= 0.3 is 0 Å². The van der Waals surface area contributed by atoms with Gasteiger partial charge in [-0.15, -0.1) is 6.58 Å². The summed E-state index contributed by atoms with van der Waals surface area (Å²) in [6.45, 7) is 7.61. The Bertz CT molecular complexity index is 81.3. The minimum absolute atomic E-state index is 0.545. The van der Waals surface area contributed by atoms with Crippen LogP contribution in [-0.2, 0) is 0 Å². The summed E-state index contributed by atoms with van der Waals surface area (Å²) in [5.41, 5.74) is 5.33. The van der Waals surface area contributed by atoms with Crippen LogP contribution in [0.5, 0.6) is 0 Å². The van der Waals surface area contributed by atoms with E-state index in [2.05, 4.69) is 18.8 Å². The maximum absolute atomic E-state index is 5.33.